The summed E-state index contributed by atoms with van der Waals surface area (Å²) in [4.78, 5) is 0. The summed E-state index contributed by atoms with van der Waals surface area (Å²) in [5.74, 6) is 1.40. The van der Waals surface area contributed by atoms with E-state index in [1.54, 1.807) is 6.92 Å². The molecular formula is C10H20O2. The molecule has 2 heteroatoms. The Hall–Kier alpha value is -0.0800. The van der Waals surface area contributed by atoms with Crippen molar-refractivity contribution in [3.63, 3.8) is 0 Å². The summed E-state index contributed by atoms with van der Waals surface area (Å²) < 4.78 is 5.56. The van der Waals surface area contributed by atoms with Crippen LogP contribution in [0.2, 0.25) is 0 Å². The normalized spacial score (nSPS) is 33.8. The topological polar surface area (TPSA) is 29.5 Å². The van der Waals surface area contributed by atoms with Gasteiger partial charge >= 0.3 is 0 Å². The van der Waals surface area contributed by atoms with Crippen molar-refractivity contribution in [2.45, 2.75) is 45.8 Å². The molecule has 3 atom stereocenters. The summed E-state index contributed by atoms with van der Waals surface area (Å²) in [5, 5.41) is 9.28. The maximum absolute atomic E-state index is 9.28. The first-order valence-corrected chi connectivity index (χ1v) is 4.91. The van der Waals surface area contributed by atoms with E-state index in [2.05, 4.69) is 13.8 Å². The van der Waals surface area contributed by atoms with Crippen molar-refractivity contribution in [3.05, 3.63) is 0 Å². The van der Waals surface area contributed by atoms with Gasteiger partial charge in [0.05, 0.1) is 18.8 Å². The van der Waals surface area contributed by atoms with Gasteiger partial charge in [-0.15, -0.1) is 0 Å². The second-order valence-corrected chi connectivity index (χ2v) is 4.19. The lowest BCUT2D eigenvalue weighted by Crippen LogP contribution is -2.35. The van der Waals surface area contributed by atoms with Crippen LogP contribution in [-0.4, -0.2) is 23.9 Å². The molecule has 0 saturated carbocycles. The van der Waals surface area contributed by atoms with Crippen LogP contribution in [0.3, 0.4) is 0 Å². The summed E-state index contributed by atoms with van der Waals surface area (Å²) in [6.45, 7) is 7.10. The highest BCUT2D eigenvalue weighted by Crippen LogP contribution is 2.26. The summed E-state index contributed by atoms with van der Waals surface area (Å²) in [6, 6.07) is 0. The van der Waals surface area contributed by atoms with E-state index in [0.717, 1.165) is 13.0 Å². The molecule has 0 aromatic heterocycles. The fourth-order valence-electron chi connectivity index (χ4n) is 1.70. The van der Waals surface area contributed by atoms with Crippen LogP contribution in [0.15, 0.2) is 0 Å². The summed E-state index contributed by atoms with van der Waals surface area (Å²) in [6.07, 6.45) is 1.99. The van der Waals surface area contributed by atoms with Crippen LogP contribution in [0.4, 0.5) is 0 Å². The highest BCUT2D eigenvalue weighted by Gasteiger charge is 2.26. The van der Waals surface area contributed by atoms with Gasteiger partial charge in [-0.2, -0.15) is 0 Å². The van der Waals surface area contributed by atoms with Crippen LogP contribution in [0.1, 0.15) is 33.6 Å². The SMILES string of the molecule is CC(C)[C@@H]1CC[C@@H](C(C)O)OC1. The summed E-state index contributed by atoms with van der Waals surface area (Å²) >= 11 is 0. The average molecular weight is 172 g/mol. The molecule has 1 N–H and O–H groups in total. The van der Waals surface area contributed by atoms with Gasteiger partial charge in [0, 0.05) is 0 Å². The maximum atomic E-state index is 9.28. The van der Waals surface area contributed by atoms with Crippen molar-refractivity contribution in [2.24, 2.45) is 11.8 Å². The Morgan fingerprint density at radius 3 is 2.25 bits per heavy atom. The molecule has 0 aromatic rings. The number of hydrogen-bond donors (Lipinski definition) is 1. The third-order valence-electron chi connectivity index (χ3n) is 2.83. The molecule has 1 heterocycles. The number of ether oxygens (including phenoxy) is 1. The van der Waals surface area contributed by atoms with Crippen LogP contribution in [-0.2, 0) is 4.74 Å². The lowest BCUT2D eigenvalue weighted by molar-refractivity contribution is -0.0818. The predicted molar refractivity (Wildman–Crippen MR) is 49.0 cm³/mol. The molecular weight excluding hydrogens is 152 g/mol. The van der Waals surface area contributed by atoms with Crippen LogP contribution >= 0.6 is 0 Å². The minimum Gasteiger partial charge on any atom is -0.391 e. The zero-order valence-electron chi connectivity index (χ0n) is 8.29. The molecule has 2 nitrogen and oxygen atoms in total. The Labute approximate surface area is 74.9 Å². The summed E-state index contributed by atoms with van der Waals surface area (Å²) in [7, 11) is 0. The smallest absolute Gasteiger partial charge is 0.0831 e. The molecule has 0 radical (unpaired) electrons. The molecule has 0 aromatic carbocycles. The van der Waals surface area contributed by atoms with Gasteiger partial charge in [-0.25, -0.2) is 0 Å². The van der Waals surface area contributed by atoms with Gasteiger partial charge in [0.15, 0.2) is 0 Å². The molecule has 1 aliphatic heterocycles. The third kappa shape index (κ3) is 2.46. The van der Waals surface area contributed by atoms with Crippen LogP contribution in [0.5, 0.6) is 0 Å². The number of hydrogen-bond acceptors (Lipinski definition) is 2. The molecule has 0 spiro atoms. The van der Waals surface area contributed by atoms with E-state index in [1.165, 1.54) is 6.42 Å². The Morgan fingerprint density at radius 2 is 1.92 bits per heavy atom. The first kappa shape index (κ1) is 10.0. The molecule has 12 heavy (non-hydrogen) atoms. The van der Waals surface area contributed by atoms with Gasteiger partial charge in [0.2, 0.25) is 0 Å². The van der Waals surface area contributed by atoms with Gasteiger partial charge in [0.25, 0.3) is 0 Å². The summed E-state index contributed by atoms with van der Waals surface area (Å²) in [5.41, 5.74) is 0. The van der Waals surface area contributed by atoms with Crippen molar-refractivity contribution in [1.82, 2.24) is 0 Å². The molecule has 1 rings (SSSR count). The highest BCUT2D eigenvalue weighted by molar-refractivity contribution is 4.75. The van der Waals surface area contributed by atoms with E-state index < -0.39 is 0 Å². The van der Waals surface area contributed by atoms with Crippen molar-refractivity contribution in [3.8, 4) is 0 Å². The van der Waals surface area contributed by atoms with Crippen LogP contribution < -0.4 is 0 Å². The fraction of sp³-hybridized carbons (Fsp3) is 1.00. The fourth-order valence-corrected chi connectivity index (χ4v) is 1.70. The molecule has 0 aliphatic carbocycles. The Bertz CT molecular complexity index is 108. The molecule has 1 aliphatic rings. The monoisotopic (exact) mass is 172 g/mol. The quantitative estimate of drug-likeness (QED) is 0.688. The molecule has 0 amide bonds. The largest absolute Gasteiger partial charge is 0.391 e. The zero-order chi connectivity index (χ0) is 9.14. The van der Waals surface area contributed by atoms with Crippen LogP contribution in [0.25, 0.3) is 0 Å². The average Bonchev–Trinajstić information content (AvgIpc) is 2.04. The highest BCUT2D eigenvalue weighted by atomic mass is 16.5. The standard InChI is InChI=1S/C10H20O2/c1-7(2)9-4-5-10(8(3)11)12-6-9/h7-11H,4-6H2,1-3H3/t8?,9-,10+/m1/s1. The van der Waals surface area contributed by atoms with Crippen LogP contribution in [0, 0.1) is 11.8 Å². The second kappa shape index (κ2) is 4.24. The molecule has 1 unspecified atom stereocenters. The lowest BCUT2D eigenvalue weighted by atomic mass is 9.88. The van der Waals surface area contributed by atoms with E-state index in [0.29, 0.717) is 11.8 Å². The molecule has 0 bridgehead atoms. The number of rotatable bonds is 2. The van der Waals surface area contributed by atoms with Crippen molar-refractivity contribution in [2.75, 3.05) is 6.61 Å². The Balaban J connectivity index is 2.30. The van der Waals surface area contributed by atoms with Gasteiger partial charge < -0.3 is 9.84 Å². The Morgan fingerprint density at radius 1 is 1.25 bits per heavy atom. The van der Waals surface area contributed by atoms with Gasteiger partial charge in [-0.3, -0.25) is 0 Å². The molecule has 1 saturated heterocycles. The molecule has 72 valence electrons. The van der Waals surface area contributed by atoms with E-state index in [9.17, 15) is 5.11 Å². The minimum atomic E-state index is -0.307. The van der Waals surface area contributed by atoms with E-state index in [-0.39, 0.29) is 12.2 Å². The third-order valence-corrected chi connectivity index (χ3v) is 2.83. The predicted octanol–water partition coefficient (Wildman–Crippen LogP) is 1.82. The molecule has 1 fully saturated rings. The van der Waals surface area contributed by atoms with Crippen molar-refractivity contribution >= 4 is 0 Å². The van der Waals surface area contributed by atoms with E-state index in [4.69, 9.17) is 4.74 Å². The zero-order valence-corrected chi connectivity index (χ0v) is 8.29. The first-order valence-electron chi connectivity index (χ1n) is 4.91. The Kier molecular flexibility index (Phi) is 3.53. The lowest BCUT2D eigenvalue weighted by Gasteiger charge is -2.32. The maximum Gasteiger partial charge on any atom is 0.0831 e. The number of aliphatic hydroxyl groups is 1. The van der Waals surface area contributed by atoms with Gasteiger partial charge in [-0.1, -0.05) is 13.8 Å². The second-order valence-electron chi connectivity index (χ2n) is 4.19. The van der Waals surface area contributed by atoms with E-state index in [1.807, 2.05) is 0 Å². The van der Waals surface area contributed by atoms with Gasteiger partial charge in [-0.05, 0) is 31.6 Å². The van der Waals surface area contributed by atoms with E-state index >= 15 is 0 Å². The number of aliphatic hydroxyl groups excluding tert-OH is 1. The minimum absolute atomic E-state index is 0.0833. The first-order chi connectivity index (χ1) is 5.61. The van der Waals surface area contributed by atoms with Crippen molar-refractivity contribution in [1.29, 1.82) is 0 Å². The van der Waals surface area contributed by atoms with Crippen molar-refractivity contribution < 1.29 is 9.84 Å². The van der Waals surface area contributed by atoms with Gasteiger partial charge in [0.1, 0.15) is 0 Å².